The molecule has 0 amide bonds. The second-order valence-electron chi connectivity index (χ2n) is 2.44. The van der Waals surface area contributed by atoms with Gasteiger partial charge in [-0.15, -0.1) is 19.6 Å². The highest BCUT2D eigenvalue weighted by atomic mass is 19.4. The van der Waals surface area contributed by atoms with Gasteiger partial charge >= 0.3 is 6.36 Å². The summed E-state index contributed by atoms with van der Waals surface area (Å²) in [6.07, 6.45) is 0.242. The lowest BCUT2D eigenvalue weighted by molar-refractivity contribution is -0.274. The summed E-state index contributed by atoms with van der Waals surface area (Å²) >= 11 is 0. The number of nitrogen functional groups attached to an aromatic ring is 1. The molecular formula is C9H6F3NO. The number of hydrogen-bond donors (Lipinski definition) is 1. The van der Waals surface area contributed by atoms with Crippen molar-refractivity contribution in [3.05, 3.63) is 23.8 Å². The minimum atomic E-state index is -4.76. The molecular weight excluding hydrogens is 195 g/mol. The molecule has 1 rings (SSSR count). The van der Waals surface area contributed by atoms with Crippen molar-refractivity contribution in [2.45, 2.75) is 6.36 Å². The van der Waals surface area contributed by atoms with Crippen LogP contribution in [0.15, 0.2) is 18.2 Å². The Kier molecular flexibility index (Phi) is 2.56. The average molecular weight is 201 g/mol. The van der Waals surface area contributed by atoms with Crippen LogP contribution in [0.25, 0.3) is 0 Å². The predicted octanol–water partition coefficient (Wildman–Crippen LogP) is 2.15. The summed E-state index contributed by atoms with van der Waals surface area (Å²) in [5.41, 5.74) is 5.42. The highest BCUT2D eigenvalue weighted by Gasteiger charge is 2.31. The maximum absolute atomic E-state index is 11.8. The van der Waals surface area contributed by atoms with Crippen LogP contribution in [0.4, 0.5) is 18.9 Å². The summed E-state index contributed by atoms with van der Waals surface area (Å²) in [6, 6.07) is 3.75. The van der Waals surface area contributed by atoms with Crippen LogP contribution < -0.4 is 10.5 Å². The molecule has 0 aliphatic heterocycles. The number of hydrogen-bond acceptors (Lipinski definition) is 2. The molecule has 5 heteroatoms. The Morgan fingerprint density at radius 2 is 2.00 bits per heavy atom. The number of nitrogens with two attached hydrogens (primary N) is 1. The van der Waals surface area contributed by atoms with Crippen molar-refractivity contribution in [2.75, 3.05) is 5.73 Å². The minimum absolute atomic E-state index is 0.110. The van der Waals surface area contributed by atoms with Crippen LogP contribution >= 0.6 is 0 Å². The van der Waals surface area contributed by atoms with Crippen LogP contribution in [0.1, 0.15) is 5.56 Å². The molecule has 0 unspecified atom stereocenters. The average Bonchev–Trinajstić information content (AvgIpc) is 2.06. The van der Waals surface area contributed by atoms with E-state index in [-0.39, 0.29) is 11.3 Å². The SMILES string of the molecule is C#Cc1ccc(N)c(OC(F)(F)F)c1. The van der Waals surface area contributed by atoms with Crippen molar-refractivity contribution in [3.63, 3.8) is 0 Å². The number of terminal acetylenes is 1. The summed E-state index contributed by atoms with van der Waals surface area (Å²) in [6.45, 7) is 0. The number of rotatable bonds is 1. The Morgan fingerprint density at radius 3 is 2.50 bits per heavy atom. The molecule has 14 heavy (non-hydrogen) atoms. The van der Waals surface area contributed by atoms with Crippen molar-refractivity contribution in [1.29, 1.82) is 0 Å². The van der Waals surface area contributed by atoms with Gasteiger partial charge in [-0.3, -0.25) is 0 Å². The van der Waals surface area contributed by atoms with Gasteiger partial charge in [0.1, 0.15) is 0 Å². The minimum Gasteiger partial charge on any atom is -0.404 e. The molecule has 74 valence electrons. The van der Waals surface area contributed by atoms with Gasteiger partial charge in [-0.05, 0) is 18.2 Å². The van der Waals surface area contributed by atoms with Gasteiger partial charge in [0.25, 0.3) is 0 Å². The van der Waals surface area contributed by atoms with E-state index in [1.54, 1.807) is 0 Å². The van der Waals surface area contributed by atoms with Crippen molar-refractivity contribution in [3.8, 4) is 18.1 Å². The van der Waals surface area contributed by atoms with Crippen molar-refractivity contribution < 1.29 is 17.9 Å². The molecule has 0 radical (unpaired) electrons. The van der Waals surface area contributed by atoms with Crippen molar-refractivity contribution >= 4 is 5.69 Å². The van der Waals surface area contributed by atoms with Crippen molar-refractivity contribution in [1.82, 2.24) is 0 Å². The highest BCUT2D eigenvalue weighted by Crippen LogP contribution is 2.28. The Hall–Kier alpha value is -1.83. The number of benzene rings is 1. The first-order valence-electron chi connectivity index (χ1n) is 3.54. The van der Waals surface area contributed by atoms with E-state index in [1.165, 1.54) is 12.1 Å². The molecule has 0 aliphatic rings. The summed E-state index contributed by atoms with van der Waals surface area (Å²) in [5, 5.41) is 0. The number of alkyl halides is 3. The van der Waals surface area contributed by atoms with E-state index < -0.39 is 12.1 Å². The largest absolute Gasteiger partial charge is 0.573 e. The molecule has 0 atom stereocenters. The molecule has 2 nitrogen and oxygen atoms in total. The molecule has 0 aromatic heterocycles. The molecule has 2 N–H and O–H groups in total. The second-order valence-corrected chi connectivity index (χ2v) is 2.44. The van der Waals surface area contributed by atoms with Crippen molar-refractivity contribution in [2.24, 2.45) is 0 Å². The molecule has 0 aliphatic carbocycles. The van der Waals surface area contributed by atoms with Crippen LogP contribution in [0.3, 0.4) is 0 Å². The van der Waals surface area contributed by atoms with E-state index in [0.29, 0.717) is 0 Å². The van der Waals surface area contributed by atoms with E-state index in [0.717, 1.165) is 6.07 Å². The van der Waals surface area contributed by atoms with Gasteiger partial charge in [-0.2, -0.15) is 0 Å². The second kappa shape index (κ2) is 3.50. The Balaban J connectivity index is 3.03. The van der Waals surface area contributed by atoms with Gasteiger partial charge in [0.15, 0.2) is 5.75 Å². The molecule has 1 aromatic carbocycles. The molecule has 0 saturated carbocycles. The number of ether oxygens (including phenoxy) is 1. The smallest absolute Gasteiger partial charge is 0.404 e. The van der Waals surface area contributed by atoms with Gasteiger partial charge in [0.05, 0.1) is 5.69 Å². The Morgan fingerprint density at radius 1 is 1.36 bits per heavy atom. The first-order chi connectivity index (χ1) is 6.42. The number of anilines is 1. The lowest BCUT2D eigenvalue weighted by Gasteiger charge is -2.10. The summed E-state index contributed by atoms with van der Waals surface area (Å²) in [5.74, 6) is 1.70. The third kappa shape index (κ3) is 2.59. The van der Waals surface area contributed by atoms with E-state index in [2.05, 4.69) is 10.7 Å². The normalized spacial score (nSPS) is 10.7. The quantitative estimate of drug-likeness (QED) is 0.558. The number of halogens is 3. The van der Waals surface area contributed by atoms with Gasteiger partial charge < -0.3 is 10.5 Å². The molecule has 0 fully saturated rings. The van der Waals surface area contributed by atoms with E-state index in [9.17, 15) is 13.2 Å². The maximum Gasteiger partial charge on any atom is 0.573 e. The first-order valence-corrected chi connectivity index (χ1v) is 3.54. The zero-order valence-corrected chi connectivity index (χ0v) is 6.93. The van der Waals surface area contributed by atoms with Crippen LogP contribution in [0.2, 0.25) is 0 Å². The molecule has 1 aromatic rings. The molecule has 0 bridgehead atoms. The summed E-state index contributed by atoms with van der Waals surface area (Å²) < 4.78 is 39.1. The van der Waals surface area contributed by atoms with Crippen LogP contribution in [-0.2, 0) is 0 Å². The fraction of sp³-hybridized carbons (Fsp3) is 0.111. The fourth-order valence-electron chi connectivity index (χ4n) is 0.837. The van der Waals surface area contributed by atoms with Gasteiger partial charge in [-0.1, -0.05) is 5.92 Å². The molecule has 0 heterocycles. The topological polar surface area (TPSA) is 35.2 Å². The highest BCUT2D eigenvalue weighted by molar-refractivity contribution is 5.56. The molecule has 0 spiro atoms. The van der Waals surface area contributed by atoms with Crippen LogP contribution in [0.5, 0.6) is 5.75 Å². The zero-order chi connectivity index (χ0) is 10.8. The van der Waals surface area contributed by atoms with Gasteiger partial charge in [-0.25, -0.2) is 0 Å². The third-order valence-electron chi connectivity index (χ3n) is 1.41. The van der Waals surface area contributed by atoms with E-state index in [4.69, 9.17) is 12.2 Å². The standard InChI is InChI=1S/C9H6F3NO/c1-2-6-3-4-7(13)8(5-6)14-9(10,11)12/h1,3-5H,13H2. The Bertz CT molecular complexity index is 379. The fourth-order valence-corrected chi connectivity index (χ4v) is 0.837. The van der Waals surface area contributed by atoms with Crippen LogP contribution in [-0.4, -0.2) is 6.36 Å². The summed E-state index contributed by atoms with van der Waals surface area (Å²) in [7, 11) is 0. The summed E-state index contributed by atoms with van der Waals surface area (Å²) in [4.78, 5) is 0. The Labute approximate surface area is 78.5 Å². The van der Waals surface area contributed by atoms with Gasteiger partial charge in [0, 0.05) is 5.56 Å². The van der Waals surface area contributed by atoms with E-state index >= 15 is 0 Å². The van der Waals surface area contributed by atoms with Crippen LogP contribution in [0, 0.1) is 12.3 Å². The van der Waals surface area contributed by atoms with Gasteiger partial charge in [0.2, 0.25) is 0 Å². The predicted molar refractivity (Wildman–Crippen MR) is 45.5 cm³/mol. The lowest BCUT2D eigenvalue weighted by Crippen LogP contribution is -2.18. The third-order valence-corrected chi connectivity index (χ3v) is 1.41. The molecule has 0 saturated heterocycles. The monoisotopic (exact) mass is 201 g/mol. The zero-order valence-electron chi connectivity index (χ0n) is 6.93. The van der Waals surface area contributed by atoms with E-state index in [1.807, 2.05) is 0 Å². The lowest BCUT2D eigenvalue weighted by atomic mass is 10.2. The first kappa shape index (κ1) is 10.3. The maximum atomic E-state index is 11.8.